The third kappa shape index (κ3) is 1.42. The van der Waals surface area contributed by atoms with Gasteiger partial charge in [0.05, 0.1) is 5.69 Å². The summed E-state index contributed by atoms with van der Waals surface area (Å²) in [6, 6.07) is 0. The lowest BCUT2D eigenvalue weighted by atomic mass is 10.2. The molecule has 0 radical (unpaired) electrons. The average Bonchev–Trinajstić information content (AvgIpc) is 2.86. The molecule has 0 unspecified atom stereocenters. The molecule has 2 aliphatic heterocycles. The first kappa shape index (κ1) is 8.68. The molecule has 1 saturated heterocycles. The van der Waals surface area contributed by atoms with E-state index in [0.29, 0.717) is 0 Å². The smallest absolute Gasteiger partial charge is 0.185 e. The van der Waals surface area contributed by atoms with E-state index in [1.54, 1.807) is 0 Å². The van der Waals surface area contributed by atoms with Crippen LogP contribution in [0.5, 0.6) is 0 Å². The van der Waals surface area contributed by atoms with E-state index >= 15 is 0 Å². The normalized spacial score (nSPS) is 21.3. The predicted molar refractivity (Wildman–Crippen MR) is 59.0 cm³/mol. The summed E-state index contributed by atoms with van der Waals surface area (Å²) in [4.78, 5) is 8.63. The number of hydrogen-bond donors (Lipinski definition) is 1. The van der Waals surface area contributed by atoms with Gasteiger partial charge in [-0.05, 0) is 12.8 Å². The molecule has 1 fully saturated rings. The zero-order chi connectivity index (χ0) is 9.38. The fourth-order valence-corrected chi connectivity index (χ4v) is 3.28. The van der Waals surface area contributed by atoms with E-state index in [4.69, 9.17) is 4.98 Å². The van der Waals surface area contributed by atoms with Gasteiger partial charge in [-0.1, -0.05) is 0 Å². The molecule has 1 aromatic heterocycles. The Labute approximate surface area is 88.1 Å². The highest BCUT2D eigenvalue weighted by Gasteiger charge is 2.20. The Balaban J connectivity index is 1.87. The molecule has 3 nitrogen and oxygen atoms in total. The fourth-order valence-electron chi connectivity index (χ4n) is 2.16. The number of aromatic nitrogens is 1. The lowest BCUT2D eigenvalue weighted by Crippen LogP contribution is -2.22. The third-order valence-electron chi connectivity index (χ3n) is 2.97. The van der Waals surface area contributed by atoms with Gasteiger partial charge in [-0.15, -0.1) is 11.3 Å². The first-order valence-electron chi connectivity index (χ1n) is 5.38. The Morgan fingerprint density at radius 3 is 2.93 bits per heavy atom. The van der Waals surface area contributed by atoms with E-state index in [2.05, 4.69) is 10.2 Å². The van der Waals surface area contributed by atoms with E-state index in [0.717, 1.165) is 19.5 Å². The van der Waals surface area contributed by atoms with Gasteiger partial charge in [-0.3, -0.25) is 0 Å². The van der Waals surface area contributed by atoms with Gasteiger partial charge < -0.3 is 10.2 Å². The van der Waals surface area contributed by atoms with E-state index in [1.807, 2.05) is 11.3 Å². The van der Waals surface area contributed by atoms with Crippen LogP contribution < -0.4 is 10.2 Å². The molecule has 3 heterocycles. The highest BCUT2D eigenvalue weighted by atomic mass is 32.1. The zero-order valence-corrected chi connectivity index (χ0v) is 9.07. The number of rotatable bonds is 1. The average molecular weight is 209 g/mol. The topological polar surface area (TPSA) is 28.2 Å². The first-order valence-corrected chi connectivity index (χ1v) is 6.19. The molecule has 0 amide bonds. The molecule has 0 atom stereocenters. The number of hydrogen-bond acceptors (Lipinski definition) is 4. The molecule has 76 valence electrons. The monoisotopic (exact) mass is 209 g/mol. The molecule has 0 aliphatic carbocycles. The van der Waals surface area contributed by atoms with E-state index in [9.17, 15) is 0 Å². The Morgan fingerprint density at radius 1 is 1.29 bits per heavy atom. The van der Waals surface area contributed by atoms with Gasteiger partial charge in [0.1, 0.15) is 0 Å². The largest absolute Gasteiger partial charge is 0.348 e. The second-order valence-corrected chi connectivity index (χ2v) is 5.05. The Kier molecular flexibility index (Phi) is 2.18. The van der Waals surface area contributed by atoms with Crippen molar-refractivity contribution >= 4 is 16.5 Å². The zero-order valence-electron chi connectivity index (χ0n) is 8.25. The van der Waals surface area contributed by atoms with E-state index in [-0.39, 0.29) is 0 Å². The van der Waals surface area contributed by atoms with Crippen LogP contribution in [0.3, 0.4) is 0 Å². The molecule has 0 saturated carbocycles. The minimum absolute atomic E-state index is 1.03. The van der Waals surface area contributed by atoms with Crippen molar-refractivity contribution in [3.63, 3.8) is 0 Å². The predicted octanol–water partition coefficient (Wildman–Crippen LogP) is 1.39. The third-order valence-corrected chi connectivity index (χ3v) is 4.13. The number of anilines is 1. The van der Waals surface area contributed by atoms with Crippen molar-refractivity contribution in [1.82, 2.24) is 10.3 Å². The maximum atomic E-state index is 4.74. The quantitative estimate of drug-likeness (QED) is 0.757. The maximum Gasteiger partial charge on any atom is 0.185 e. The van der Waals surface area contributed by atoms with Crippen molar-refractivity contribution in [3.05, 3.63) is 10.6 Å². The van der Waals surface area contributed by atoms with Gasteiger partial charge >= 0.3 is 0 Å². The summed E-state index contributed by atoms with van der Waals surface area (Å²) in [5.74, 6) is 0. The molecule has 0 spiro atoms. The molecule has 4 heteroatoms. The van der Waals surface area contributed by atoms with Crippen LogP contribution in [0.15, 0.2) is 0 Å². The van der Waals surface area contributed by atoms with Crippen LogP contribution >= 0.6 is 11.3 Å². The molecule has 2 aliphatic rings. The first-order chi connectivity index (χ1) is 6.93. The number of thiazole rings is 1. The molecular weight excluding hydrogens is 194 g/mol. The molecular formula is C10H15N3S. The van der Waals surface area contributed by atoms with Crippen molar-refractivity contribution in [2.75, 3.05) is 24.5 Å². The summed E-state index contributed by atoms with van der Waals surface area (Å²) < 4.78 is 0. The SMILES string of the molecule is C1CCN(c2nc3c(s2)CNCC3)C1. The molecule has 14 heavy (non-hydrogen) atoms. The van der Waals surface area contributed by atoms with Crippen LogP contribution in [0.2, 0.25) is 0 Å². The molecule has 3 rings (SSSR count). The summed E-state index contributed by atoms with van der Waals surface area (Å²) >= 11 is 1.88. The van der Waals surface area contributed by atoms with Crippen LogP contribution in [0.25, 0.3) is 0 Å². The Morgan fingerprint density at radius 2 is 2.14 bits per heavy atom. The second-order valence-electron chi connectivity index (χ2n) is 3.99. The minimum atomic E-state index is 1.03. The van der Waals surface area contributed by atoms with Gasteiger partial charge in [-0.25, -0.2) is 4.98 Å². The summed E-state index contributed by atoms with van der Waals surface area (Å²) in [6.45, 7) is 4.54. The van der Waals surface area contributed by atoms with Crippen molar-refractivity contribution in [2.45, 2.75) is 25.8 Å². The highest BCUT2D eigenvalue weighted by Crippen LogP contribution is 2.30. The lowest BCUT2D eigenvalue weighted by Gasteiger charge is -2.12. The van der Waals surface area contributed by atoms with Crippen LogP contribution in [0.4, 0.5) is 5.13 Å². The van der Waals surface area contributed by atoms with Crippen molar-refractivity contribution in [1.29, 1.82) is 0 Å². The van der Waals surface area contributed by atoms with Gasteiger partial charge in [0.25, 0.3) is 0 Å². The standard InChI is InChI=1S/C10H15N3S/c1-2-6-13(5-1)10-12-8-3-4-11-7-9(8)14-10/h11H,1-7H2. The van der Waals surface area contributed by atoms with E-state index < -0.39 is 0 Å². The van der Waals surface area contributed by atoms with Gasteiger partial charge in [0.2, 0.25) is 0 Å². The maximum absolute atomic E-state index is 4.74. The van der Waals surface area contributed by atoms with Crippen LogP contribution in [-0.2, 0) is 13.0 Å². The molecule has 1 aromatic rings. The van der Waals surface area contributed by atoms with Crippen LogP contribution in [0, 0.1) is 0 Å². The highest BCUT2D eigenvalue weighted by molar-refractivity contribution is 7.15. The minimum Gasteiger partial charge on any atom is -0.348 e. The lowest BCUT2D eigenvalue weighted by molar-refractivity contribution is 0.643. The van der Waals surface area contributed by atoms with Gasteiger partial charge in [0, 0.05) is 37.5 Å². The molecule has 1 N–H and O–H groups in total. The summed E-state index contributed by atoms with van der Waals surface area (Å²) in [6.07, 6.45) is 3.78. The van der Waals surface area contributed by atoms with Crippen molar-refractivity contribution in [2.24, 2.45) is 0 Å². The van der Waals surface area contributed by atoms with Crippen molar-refractivity contribution in [3.8, 4) is 0 Å². The van der Waals surface area contributed by atoms with Crippen LogP contribution in [-0.4, -0.2) is 24.6 Å². The number of fused-ring (bicyclic) bond motifs is 1. The summed E-state index contributed by atoms with van der Waals surface area (Å²) in [5.41, 5.74) is 1.34. The summed E-state index contributed by atoms with van der Waals surface area (Å²) in [7, 11) is 0. The second kappa shape index (κ2) is 3.51. The van der Waals surface area contributed by atoms with E-state index in [1.165, 1.54) is 41.6 Å². The Bertz CT molecular complexity index is 305. The van der Waals surface area contributed by atoms with Gasteiger partial charge in [0.15, 0.2) is 5.13 Å². The number of nitrogens with zero attached hydrogens (tertiary/aromatic N) is 2. The van der Waals surface area contributed by atoms with Crippen molar-refractivity contribution < 1.29 is 0 Å². The Hall–Kier alpha value is -0.610. The summed E-state index contributed by atoms with van der Waals surface area (Å²) in [5, 5.41) is 4.66. The molecule has 0 bridgehead atoms. The fraction of sp³-hybridized carbons (Fsp3) is 0.700. The number of nitrogens with one attached hydrogen (secondary N) is 1. The van der Waals surface area contributed by atoms with Gasteiger partial charge in [-0.2, -0.15) is 0 Å². The van der Waals surface area contributed by atoms with Crippen LogP contribution in [0.1, 0.15) is 23.4 Å². The molecule has 0 aromatic carbocycles.